The Morgan fingerprint density at radius 2 is 2.00 bits per heavy atom. The van der Waals surface area contributed by atoms with Gasteiger partial charge in [0.1, 0.15) is 5.82 Å². The lowest BCUT2D eigenvalue weighted by atomic mass is 10.2. The number of anilines is 1. The molecular weight excluding hydrogens is 397 g/mol. The van der Waals surface area contributed by atoms with Crippen molar-refractivity contribution in [3.8, 4) is 11.5 Å². The first-order chi connectivity index (χ1) is 11.9. The number of methoxy groups -OCH3 is 1. The predicted molar refractivity (Wildman–Crippen MR) is 93.1 cm³/mol. The molecule has 0 aliphatic carbocycles. The average molecular weight is 410 g/mol. The van der Waals surface area contributed by atoms with Gasteiger partial charge in [-0.2, -0.15) is 5.10 Å². The van der Waals surface area contributed by atoms with E-state index < -0.39 is 17.6 Å². The minimum atomic E-state index is -1.07. The van der Waals surface area contributed by atoms with Crippen LogP contribution in [0.4, 0.5) is 10.1 Å². The summed E-state index contributed by atoms with van der Waals surface area (Å²) in [6, 6.07) is 8.47. The number of phenolic OH excluding ortho intramolecular Hbond substituents is 1. The number of aromatic hydroxyl groups is 1. The minimum Gasteiger partial charge on any atom is -0.503 e. The van der Waals surface area contributed by atoms with E-state index in [2.05, 4.69) is 26.3 Å². The number of benzene rings is 2. The standard InChI is InChI=1S/C16H13BrFN3O4/c1-25-13-7-9(6-10(17)14(13)22)8-19-21-16(24)15(23)20-12-5-3-2-4-11(12)18/h2-8,22H,1H3,(H,20,23)(H,21,24)/b19-8-. The van der Waals surface area contributed by atoms with Gasteiger partial charge in [-0.25, -0.2) is 9.82 Å². The number of hydrazone groups is 1. The van der Waals surface area contributed by atoms with Gasteiger partial charge in [-0.05, 0) is 45.8 Å². The smallest absolute Gasteiger partial charge is 0.329 e. The number of carbonyl (C=O) groups is 2. The molecule has 0 unspecified atom stereocenters. The number of phenols is 1. The fourth-order valence-electron chi connectivity index (χ4n) is 1.78. The molecule has 3 N–H and O–H groups in total. The van der Waals surface area contributed by atoms with Crippen molar-refractivity contribution in [2.45, 2.75) is 0 Å². The molecule has 2 rings (SSSR count). The van der Waals surface area contributed by atoms with Gasteiger partial charge in [0, 0.05) is 0 Å². The molecule has 7 nitrogen and oxygen atoms in total. The lowest BCUT2D eigenvalue weighted by molar-refractivity contribution is -0.136. The fraction of sp³-hybridized carbons (Fsp3) is 0.0625. The maximum Gasteiger partial charge on any atom is 0.329 e. The van der Waals surface area contributed by atoms with E-state index in [1.165, 1.54) is 43.7 Å². The van der Waals surface area contributed by atoms with Crippen LogP contribution in [-0.4, -0.2) is 30.2 Å². The fourth-order valence-corrected chi connectivity index (χ4v) is 2.24. The maximum atomic E-state index is 13.4. The summed E-state index contributed by atoms with van der Waals surface area (Å²) in [5, 5.41) is 15.5. The van der Waals surface area contributed by atoms with Gasteiger partial charge in [0.2, 0.25) is 0 Å². The molecule has 0 atom stereocenters. The molecule has 0 aliphatic heterocycles. The zero-order valence-corrected chi connectivity index (χ0v) is 14.5. The largest absolute Gasteiger partial charge is 0.503 e. The molecule has 0 saturated heterocycles. The van der Waals surface area contributed by atoms with Crippen LogP contribution in [0.1, 0.15) is 5.56 Å². The lowest BCUT2D eigenvalue weighted by Crippen LogP contribution is -2.32. The Labute approximate surface area is 150 Å². The summed E-state index contributed by atoms with van der Waals surface area (Å²) in [7, 11) is 1.39. The van der Waals surface area contributed by atoms with Crippen LogP contribution in [0.5, 0.6) is 11.5 Å². The highest BCUT2D eigenvalue weighted by Crippen LogP contribution is 2.34. The molecule has 130 valence electrons. The number of hydrogen-bond donors (Lipinski definition) is 3. The van der Waals surface area contributed by atoms with Gasteiger partial charge < -0.3 is 15.2 Å². The first-order valence-corrected chi connectivity index (χ1v) is 7.67. The second kappa shape index (κ2) is 8.25. The summed E-state index contributed by atoms with van der Waals surface area (Å²) in [5.74, 6) is -2.66. The van der Waals surface area contributed by atoms with Crippen molar-refractivity contribution in [3.63, 3.8) is 0 Å². The van der Waals surface area contributed by atoms with Crippen molar-refractivity contribution < 1.29 is 23.8 Å². The molecule has 0 aromatic heterocycles. The topological polar surface area (TPSA) is 100 Å². The van der Waals surface area contributed by atoms with E-state index in [9.17, 15) is 19.1 Å². The molecule has 0 bridgehead atoms. The monoisotopic (exact) mass is 409 g/mol. The van der Waals surface area contributed by atoms with E-state index in [-0.39, 0.29) is 17.2 Å². The van der Waals surface area contributed by atoms with Crippen LogP contribution in [-0.2, 0) is 9.59 Å². The summed E-state index contributed by atoms with van der Waals surface area (Å²) in [6.45, 7) is 0. The highest BCUT2D eigenvalue weighted by molar-refractivity contribution is 9.10. The lowest BCUT2D eigenvalue weighted by Gasteiger charge is -2.06. The van der Waals surface area contributed by atoms with Gasteiger partial charge >= 0.3 is 11.8 Å². The van der Waals surface area contributed by atoms with Gasteiger partial charge in [-0.1, -0.05) is 12.1 Å². The first-order valence-electron chi connectivity index (χ1n) is 6.87. The molecular formula is C16H13BrFN3O4. The van der Waals surface area contributed by atoms with Crippen molar-refractivity contribution in [1.82, 2.24) is 5.43 Å². The molecule has 0 radical (unpaired) electrons. The van der Waals surface area contributed by atoms with E-state index in [4.69, 9.17) is 4.74 Å². The second-order valence-corrected chi connectivity index (χ2v) is 5.54. The molecule has 2 aromatic rings. The molecule has 2 aromatic carbocycles. The molecule has 2 amide bonds. The number of rotatable bonds is 4. The van der Waals surface area contributed by atoms with Gasteiger partial charge in [0.05, 0.1) is 23.5 Å². The number of para-hydroxylation sites is 1. The van der Waals surface area contributed by atoms with Crippen LogP contribution in [0.2, 0.25) is 0 Å². The summed E-state index contributed by atoms with van der Waals surface area (Å²) in [4.78, 5) is 23.3. The van der Waals surface area contributed by atoms with Crippen LogP contribution >= 0.6 is 15.9 Å². The quantitative estimate of drug-likeness (QED) is 0.410. The Morgan fingerprint density at radius 3 is 2.68 bits per heavy atom. The predicted octanol–water partition coefficient (Wildman–Crippen LogP) is 2.39. The molecule has 0 heterocycles. The van der Waals surface area contributed by atoms with Gasteiger partial charge in [-0.15, -0.1) is 0 Å². The average Bonchev–Trinajstić information content (AvgIpc) is 2.59. The number of halogens is 2. The molecule has 0 spiro atoms. The van der Waals surface area contributed by atoms with E-state index in [0.29, 0.717) is 10.0 Å². The maximum absolute atomic E-state index is 13.4. The number of nitrogens with one attached hydrogen (secondary N) is 2. The molecule has 0 saturated carbocycles. The molecule has 0 fully saturated rings. The SMILES string of the molecule is COc1cc(/C=N\NC(=O)C(=O)Nc2ccccc2F)cc(Br)c1O. The van der Waals surface area contributed by atoms with Gasteiger partial charge in [-0.3, -0.25) is 9.59 Å². The Bertz CT molecular complexity index is 842. The third-order valence-electron chi connectivity index (χ3n) is 2.98. The zero-order chi connectivity index (χ0) is 18.4. The van der Waals surface area contributed by atoms with Crippen molar-refractivity contribution in [2.75, 3.05) is 12.4 Å². The van der Waals surface area contributed by atoms with E-state index in [0.717, 1.165) is 6.07 Å². The van der Waals surface area contributed by atoms with Crippen LogP contribution in [0.3, 0.4) is 0 Å². The first kappa shape index (κ1) is 18.4. The van der Waals surface area contributed by atoms with E-state index in [1.54, 1.807) is 0 Å². The summed E-state index contributed by atoms with van der Waals surface area (Å²) in [6.07, 6.45) is 1.25. The number of amides is 2. The summed E-state index contributed by atoms with van der Waals surface area (Å²) < 4.78 is 18.8. The van der Waals surface area contributed by atoms with E-state index in [1.807, 2.05) is 5.43 Å². The second-order valence-electron chi connectivity index (χ2n) is 4.69. The molecule has 25 heavy (non-hydrogen) atoms. The third kappa shape index (κ3) is 4.77. The van der Waals surface area contributed by atoms with Crippen LogP contribution in [0.15, 0.2) is 46.0 Å². The molecule has 0 aliphatic rings. The summed E-state index contributed by atoms with van der Waals surface area (Å²) in [5.41, 5.74) is 2.40. The summed E-state index contributed by atoms with van der Waals surface area (Å²) >= 11 is 3.15. The normalized spacial score (nSPS) is 10.5. The third-order valence-corrected chi connectivity index (χ3v) is 3.58. The van der Waals surface area contributed by atoms with Crippen molar-refractivity contribution >= 4 is 39.6 Å². The van der Waals surface area contributed by atoms with E-state index >= 15 is 0 Å². The highest BCUT2D eigenvalue weighted by Gasteiger charge is 2.14. The van der Waals surface area contributed by atoms with Crippen LogP contribution in [0.25, 0.3) is 0 Å². The number of nitrogens with zero attached hydrogens (tertiary/aromatic N) is 1. The van der Waals surface area contributed by atoms with Crippen LogP contribution in [0, 0.1) is 5.82 Å². The highest BCUT2D eigenvalue weighted by atomic mass is 79.9. The van der Waals surface area contributed by atoms with Gasteiger partial charge in [0.25, 0.3) is 0 Å². The Hall–Kier alpha value is -2.94. The molecule has 9 heteroatoms. The Balaban J connectivity index is 1.99. The van der Waals surface area contributed by atoms with Crippen LogP contribution < -0.4 is 15.5 Å². The zero-order valence-electron chi connectivity index (χ0n) is 12.9. The Morgan fingerprint density at radius 1 is 1.28 bits per heavy atom. The van der Waals surface area contributed by atoms with Crippen molar-refractivity contribution in [2.24, 2.45) is 5.10 Å². The minimum absolute atomic E-state index is 0.0760. The number of ether oxygens (including phenoxy) is 1. The van der Waals surface area contributed by atoms with Crippen molar-refractivity contribution in [1.29, 1.82) is 0 Å². The Kier molecular flexibility index (Phi) is 6.07. The van der Waals surface area contributed by atoms with Gasteiger partial charge in [0.15, 0.2) is 11.5 Å². The number of hydrogen-bond acceptors (Lipinski definition) is 5. The number of carbonyl (C=O) groups excluding carboxylic acids is 2. The van der Waals surface area contributed by atoms with Crippen molar-refractivity contribution in [3.05, 3.63) is 52.3 Å².